The van der Waals surface area contributed by atoms with Crippen LogP contribution in [0.25, 0.3) is 0 Å². The fourth-order valence-corrected chi connectivity index (χ4v) is 1.41. The SMILES string of the molecule is CNC1(c2ccccn2)CC1. The third-order valence-electron chi connectivity index (χ3n) is 2.38. The van der Waals surface area contributed by atoms with Gasteiger partial charge in [0.25, 0.3) is 0 Å². The lowest BCUT2D eigenvalue weighted by Crippen LogP contribution is -2.25. The van der Waals surface area contributed by atoms with Gasteiger partial charge in [-0.1, -0.05) is 6.07 Å². The lowest BCUT2D eigenvalue weighted by atomic mass is 10.1. The Morgan fingerprint density at radius 3 is 2.73 bits per heavy atom. The van der Waals surface area contributed by atoms with Crippen molar-refractivity contribution >= 4 is 0 Å². The zero-order chi connectivity index (χ0) is 7.73. The van der Waals surface area contributed by atoms with Crippen LogP contribution in [-0.2, 0) is 5.54 Å². The molecule has 11 heavy (non-hydrogen) atoms. The van der Waals surface area contributed by atoms with E-state index in [0.717, 1.165) is 0 Å². The zero-order valence-electron chi connectivity index (χ0n) is 6.67. The molecule has 0 radical (unpaired) electrons. The molecule has 0 bridgehead atoms. The third-order valence-corrected chi connectivity index (χ3v) is 2.38. The fourth-order valence-electron chi connectivity index (χ4n) is 1.41. The van der Waals surface area contributed by atoms with E-state index >= 15 is 0 Å². The van der Waals surface area contributed by atoms with Crippen LogP contribution in [-0.4, -0.2) is 12.0 Å². The molecule has 58 valence electrons. The average Bonchev–Trinajstić information content (AvgIpc) is 2.86. The first-order valence-electron chi connectivity index (χ1n) is 3.98. The fraction of sp³-hybridized carbons (Fsp3) is 0.444. The Labute approximate surface area is 66.7 Å². The van der Waals surface area contributed by atoms with Crippen molar-refractivity contribution < 1.29 is 0 Å². The van der Waals surface area contributed by atoms with E-state index in [1.165, 1.54) is 18.5 Å². The van der Waals surface area contributed by atoms with E-state index < -0.39 is 0 Å². The molecule has 1 aromatic heterocycles. The van der Waals surface area contributed by atoms with Gasteiger partial charge >= 0.3 is 0 Å². The maximum absolute atomic E-state index is 4.32. The zero-order valence-corrected chi connectivity index (χ0v) is 6.67. The van der Waals surface area contributed by atoms with Crippen molar-refractivity contribution in [1.82, 2.24) is 10.3 Å². The van der Waals surface area contributed by atoms with E-state index in [0.29, 0.717) is 0 Å². The minimum absolute atomic E-state index is 0.223. The second-order valence-corrected chi connectivity index (χ2v) is 3.05. The summed E-state index contributed by atoms with van der Waals surface area (Å²) < 4.78 is 0. The molecule has 1 aliphatic carbocycles. The first kappa shape index (κ1) is 6.80. The van der Waals surface area contributed by atoms with E-state index in [1.54, 1.807) is 0 Å². The highest BCUT2D eigenvalue weighted by molar-refractivity contribution is 5.22. The maximum Gasteiger partial charge on any atom is 0.0607 e. The summed E-state index contributed by atoms with van der Waals surface area (Å²) in [6.45, 7) is 0. The van der Waals surface area contributed by atoms with Crippen molar-refractivity contribution in [2.75, 3.05) is 7.05 Å². The molecule has 0 aromatic carbocycles. The van der Waals surface area contributed by atoms with Gasteiger partial charge in [-0.2, -0.15) is 0 Å². The van der Waals surface area contributed by atoms with Crippen LogP contribution < -0.4 is 5.32 Å². The standard InChI is InChI=1S/C9H12N2/c1-10-9(5-6-9)8-4-2-3-7-11-8/h2-4,7,10H,5-6H2,1H3. The minimum Gasteiger partial charge on any atom is -0.309 e. The molecule has 2 nitrogen and oxygen atoms in total. The summed E-state index contributed by atoms with van der Waals surface area (Å²) in [4.78, 5) is 4.32. The first-order valence-corrected chi connectivity index (χ1v) is 3.98. The van der Waals surface area contributed by atoms with Gasteiger partial charge in [0.15, 0.2) is 0 Å². The number of aromatic nitrogens is 1. The third kappa shape index (κ3) is 1.03. The molecule has 0 unspecified atom stereocenters. The van der Waals surface area contributed by atoms with E-state index in [9.17, 15) is 0 Å². The molecule has 2 heteroatoms. The minimum atomic E-state index is 0.223. The Balaban J connectivity index is 2.30. The van der Waals surface area contributed by atoms with Gasteiger partial charge in [-0.3, -0.25) is 4.98 Å². The monoisotopic (exact) mass is 148 g/mol. The highest BCUT2D eigenvalue weighted by Gasteiger charge is 2.43. The van der Waals surface area contributed by atoms with Crippen molar-refractivity contribution in [3.8, 4) is 0 Å². The van der Waals surface area contributed by atoms with Gasteiger partial charge in [-0.15, -0.1) is 0 Å². The maximum atomic E-state index is 4.32. The number of hydrogen-bond donors (Lipinski definition) is 1. The van der Waals surface area contributed by atoms with Crippen LogP contribution in [0.2, 0.25) is 0 Å². The lowest BCUT2D eigenvalue weighted by Gasteiger charge is -2.11. The Morgan fingerprint density at radius 2 is 2.27 bits per heavy atom. The van der Waals surface area contributed by atoms with E-state index in [1.807, 2.05) is 25.4 Å². The van der Waals surface area contributed by atoms with E-state index in [4.69, 9.17) is 0 Å². The summed E-state index contributed by atoms with van der Waals surface area (Å²) >= 11 is 0. The molecule has 0 spiro atoms. The first-order chi connectivity index (χ1) is 5.37. The summed E-state index contributed by atoms with van der Waals surface area (Å²) in [5.41, 5.74) is 1.41. The molecule has 1 aliphatic rings. The molecule has 0 atom stereocenters. The molecule has 2 rings (SSSR count). The Hall–Kier alpha value is -0.890. The van der Waals surface area contributed by atoms with E-state index in [-0.39, 0.29) is 5.54 Å². The highest BCUT2D eigenvalue weighted by atomic mass is 15.0. The quantitative estimate of drug-likeness (QED) is 0.683. The lowest BCUT2D eigenvalue weighted by molar-refractivity contribution is 0.567. The molecular weight excluding hydrogens is 136 g/mol. The second kappa shape index (κ2) is 2.31. The van der Waals surface area contributed by atoms with Gasteiger partial charge in [-0.25, -0.2) is 0 Å². The summed E-state index contributed by atoms with van der Waals surface area (Å²) in [7, 11) is 2.00. The molecule has 1 saturated carbocycles. The van der Waals surface area contributed by atoms with Crippen LogP contribution in [0.1, 0.15) is 18.5 Å². The number of hydrogen-bond acceptors (Lipinski definition) is 2. The Morgan fingerprint density at radius 1 is 1.45 bits per heavy atom. The van der Waals surface area contributed by atoms with Gasteiger partial charge in [0.1, 0.15) is 0 Å². The largest absolute Gasteiger partial charge is 0.309 e. The van der Waals surface area contributed by atoms with Crippen molar-refractivity contribution in [2.24, 2.45) is 0 Å². The molecule has 1 aromatic rings. The molecular formula is C9H12N2. The number of nitrogens with one attached hydrogen (secondary N) is 1. The molecule has 1 N–H and O–H groups in total. The summed E-state index contributed by atoms with van der Waals surface area (Å²) in [6.07, 6.45) is 4.30. The molecule has 0 aliphatic heterocycles. The van der Waals surface area contributed by atoms with Crippen molar-refractivity contribution in [3.63, 3.8) is 0 Å². The average molecular weight is 148 g/mol. The van der Waals surface area contributed by atoms with Gasteiger partial charge in [0.2, 0.25) is 0 Å². The van der Waals surface area contributed by atoms with Crippen molar-refractivity contribution in [2.45, 2.75) is 18.4 Å². The Bertz CT molecular complexity index is 239. The van der Waals surface area contributed by atoms with Crippen LogP contribution >= 0.6 is 0 Å². The molecule has 0 saturated heterocycles. The predicted molar refractivity (Wildman–Crippen MR) is 44.2 cm³/mol. The highest BCUT2D eigenvalue weighted by Crippen LogP contribution is 2.43. The molecule has 1 heterocycles. The van der Waals surface area contributed by atoms with Gasteiger partial charge < -0.3 is 5.32 Å². The Kier molecular flexibility index (Phi) is 1.43. The van der Waals surface area contributed by atoms with Crippen LogP contribution in [0.3, 0.4) is 0 Å². The normalized spacial score (nSPS) is 19.7. The summed E-state index contributed by atoms with van der Waals surface area (Å²) in [6, 6.07) is 6.08. The number of pyridine rings is 1. The smallest absolute Gasteiger partial charge is 0.0607 e. The predicted octanol–water partition coefficient (Wildman–Crippen LogP) is 1.29. The summed E-state index contributed by atoms with van der Waals surface area (Å²) in [5, 5.41) is 3.31. The number of nitrogens with zero attached hydrogens (tertiary/aromatic N) is 1. The van der Waals surface area contributed by atoms with Crippen LogP contribution in [0.15, 0.2) is 24.4 Å². The van der Waals surface area contributed by atoms with Crippen LogP contribution in [0.4, 0.5) is 0 Å². The summed E-state index contributed by atoms with van der Waals surface area (Å²) in [5.74, 6) is 0. The van der Waals surface area contributed by atoms with Crippen molar-refractivity contribution in [1.29, 1.82) is 0 Å². The molecule has 1 fully saturated rings. The second-order valence-electron chi connectivity index (χ2n) is 3.05. The van der Waals surface area contributed by atoms with Crippen LogP contribution in [0.5, 0.6) is 0 Å². The van der Waals surface area contributed by atoms with Crippen LogP contribution in [0, 0.1) is 0 Å². The number of rotatable bonds is 2. The van der Waals surface area contributed by atoms with Gasteiger partial charge in [-0.05, 0) is 32.0 Å². The molecule has 0 amide bonds. The topological polar surface area (TPSA) is 24.9 Å². The van der Waals surface area contributed by atoms with E-state index in [2.05, 4.69) is 16.4 Å². The van der Waals surface area contributed by atoms with Gasteiger partial charge in [0, 0.05) is 6.20 Å². The van der Waals surface area contributed by atoms with Gasteiger partial charge in [0.05, 0.1) is 11.2 Å². The van der Waals surface area contributed by atoms with Crippen molar-refractivity contribution in [3.05, 3.63) is 30.1 Å².